The maximum Gasteiger partial charge on any atom is 0.273 e. The van der Waals surface area contributed by atoms with Crippen molar-refractivity contribution >= 4 is 17.2 Å². The van der Waals surface area contributed by atoms with Crippen LogP contribution in [0, 0.1) is 0 Å². The number of carbonyl (C=O) groups is 1. The molecule has 1 aliphatic heterocycles. The van der Waals surface area contributed by atoms with Crippen molar-refractivity contribution in [3.8, 4) is 0 Å². The van der Waals surface area contributed by atoms with Crippen LogP contribution in [0.5, 0.6) is 0 Å². The Bertz CT molecular complexity index is 315. The molecule has 0 radical (unpaired) electrons. The summed E-state index contributed by atoms with van der Waals surface area (Å²) in [4.78, 5) is 16.8. The number of likely N-dealkylation sites (tertiary alicyclic amines) is 1. The third kappa shape index (κ3) is 1.56. The van der Waals surface area contributed by atoms with Gasteiger partial charge in [0.15, 0.2) is 0 Å². The van der Waals surface area contributed by atoms with E-state index < -0.39 is 5.67 Å². The summed E-state index contributed by atoms with van der Waals surface area (Å²) in [5.74, 6) is -0.170. The summed E-state index contributed by atoms with van der Waals surface area (Å²) >= 11 is 1.37. The Morgan fingerprint density at radius 3 is 2.92 bits per heavy atom. The molecule has 2 rings (SSSR count). The van der Waals surface area contributed by atoms with Crippen molar-refractivity contribution in [2.75, 3.05) is 13.1 Å². The summed E-state index contributed by atoms with van der Waals surface area (Å²) in [6.45, 7) is 1.87. The van der Waals surface area contributed by atoms with Crippen LogP contribution >= 0.6 is 11.3 Å². The average molecular weight is 200 g/mol. The van der Waals surface area contributed by atoms with Crippen molar-refractivity contribution in [3.63, 3.8) is 0 Å². The molecular formula is C8H9FN2OS. The molecule has 0 saturated carbocycles. The van der Waals surface area contributed by atoms with Crippen molar-refractivity contribution in [1.82, 2.24) is 9.88 Å². The van der Waals surface area contributed by atoms with Gasteiger partial charge in [-0.1, -0.05) is 0 Å². The quantitative estimate of drug-likeness (QED) is 0.685. The SMILES string of the molecule is CC1(F)CN(C(=O)c2cscn2)C1. The normalized spacial score (nSPS) is 19.7. The molecule has 1 fully saturated rings. The largest absolute Gasteiger partial charge is 0.331 e. The first-order valence-corrected chi connectivity index (χ1v) is 4.89. The maximum absolute atomic E-state index is 13.0. The van der Waals surface area contributed by atoms with Crippen molar-refractivity contribution < 1.29 is 9.18 Å². The van der Waals surface area contributed by atoms with Crippen molar-refractivity contribution in [1.29, 1.82) is 0 Å². The summed E-state index contributed by atoms with van der Waals surface area (Å²) < 4.78 is 13.0. The monoisotopic (exact) mass is 200 g/mol. The second-order valence-electron chi connectivity index (χ2n) is 3.45. The van der Waals surface area contributed by atoms with E-state index in [0.717, 1.165) is 0 Å². The van der Waals surface area contributed by atoms with Crippen LogP contribution in [0.15, 0.2) is 10.9 Å². The van der Waals surface area contributed by atoms with Gasteiger partial charge in [0.1, 0.15) is 11.4 Å². The molecule has 1 aromatic rings. The molecule has 1 saturated heterocycles. The Balaban J connectivity index is 2.02. The average Bonchev–Trinajstić information content (AvgIpc) is 2.50. The van der Waals surface area contributed by atoms with Gasteiger partial charge in [0.25, 0.3) is 5.91 Å². The summed E-state index contributed by atoms with van der Waals surface area (Å²) in [5.41, 5.74) is 0.813. The fourth-order valence-electron chi connectivity index (χ4n) is 1.37. The van der Waals surface area contributed by atoms with E-state index in [-0.39, 0.29) is 19.0 Å². The molecule has 1 amide bonds. The number of thiazole rings is 1. The number of halogens is 1. The Hall–Kier alpha value is -0.970. The van der Waals surface area contributed by atoms with E-state index in [0.29, 0.717) is 5.69 Å². The van der Waals surface area contributed by atoms with Crippen LogP contribution in [0.4, 0.5) is 4.39 Å². The summed E-state index contributed by atoms with van der Waals surface area (Å²) in [5, 5.41) is 1.68. The Kier molecular flexibility index (Phi) is 1.83. The van der Waals surface area contributed by atoms with Gasteiger partial charge < -0.3 is 4.90 Å². The first kappa shape index (κ1) is 8.62. The number of amides is 1. The molecule has 1 aliphatic rings. The van der Waals surface area contributed by atoms with E-state index >= 15 is 0 Å². The van der Waals surface area contributed by atoms with Gasteiger partial charge in [-0.05, 0) is 6.92 Å². The third-order valence-electron chi connectivity index (χ3n) is 1.98. The van der Waals surface area contributed by atoms with Crippen LogP contribution in [0.3, 0.4) is 0 Å². The van der Waals surface area contributed by atoms with E-state index in [1.165, 1.54) is 23.2 Å². The number of hydrogen-bond donors (Lipinski definition) is 0. The van der Waals surface area contributed by atoms with Crippen LogP contribution in [0.1, 0.15) is 17.4 Å². The highest BCUT2D eigenvalue weighted by molar-refractivity contribution is 7.07. The van der Waals surface area contributed by atoms with Gasteiger partial charge in [0.2, 0.25) is 0 Å². The molecule has 0 aliphatic carbocycles. The summed E-state index contributed by atoms with van der Waals surface area (Å²) in [7, 11) is 0. The van der Waals surface area contributed by atoms with E-state index in [4.69, 9.17) is 0 Å². The van der Waals surface area contributed by atoms with E-state index in [1.54, 1.807) is 10.9 Å². The number of nitrogens with zero attached hydrogens (tertiary/aromatic N) is 2. The predicted molar refractivity (Wildman–Crippen MR) is 47.5 cm³/mol. The number of carbonyl (C=O) groups excluding carboxylic acids is 1. The molecule has 0 bridgehead atoms. The first-order valence-electron chi connectivity index (χ1n) is 3.95. The molecular weight excluding hydrogens is 191 g/mol. The molecule has 0 unspecified atom stereocenters. The zero-order chi connectivity index (χ0) is 9.47. The minimum absolute atomic E-state index is 0.170. The van der Waals surface area contributed by atoms with Crippen LogP contribution in [-0.4, -0.2) is 34.5 Å². The molecule has 0 atom stereocenters. The van der Waals surface area contributed by atoms with Gasteiger partial charge in [0, 0.05) is 5.38 Å². The molecule has 13 heavy (non-hydrogen) atoms. The maximum atomic E-state index is 13.0. The van der Waals surface area contributed by atoms with Gasteiger partial charge >= 0.3 is 0 Å². The van der Waals surface area contributed by atoms with E-state index in [9.17, 15) is 9.18 Å². The summed E-state index contributed by atoms with van der Waals surface area (Å²) in [6.07, 6.45) is 0. The lowest BCUT2D eigenvalue weighted by Crippen LogP contribution is -2.59. The van der Waals surface area contributed by atoms with Crippen LogP contribution in [-0.2, 0) is 0 Å². The van der Waals surface area contributed by atoms with E-state index in [2.05, 4.69) is 4.98 Å². The predicted octanol–water partition coefficient (Wildman–Crippen LogP) is 1.33. The standard InChI is InChI=1S/C8H9FN2OS/c1-8(9)3-11(4-8)7(12)6-2-13-5-10-6/h2,5H,3-4H2,1H3. The topological polar surface area (TPSA) is 33.2 Å². The van der Waals surface area contributed by atoms with Crippen LogP contribution in [0.2, 0.25) is 0 Å². The number of alkyl halides is 1. The van der Waals surface area contributed by atoms with E-state index in [1.807, 2.05) is 0 Å². The minimum atomic E-state index is -1.20. The Labute approximate surface area is 79.2 Å². The zero-order valence-corrected chi connectivity index (χ0v) is 7.97. The van der Waals surface area contributed by atoms with Crippen molar-refractivity contribution in [2.45, 2.75) is 12.6 Å². The molecule has 5 heteroatoms. The van der Waals surface area contributed by atoms with Gasteiger partial charge in [0.05, 0.1) is 18.6 Å². The number of hydrogen-bond acceptors (Lipinski definition) is 3. The summed E-state index contributed by atoms with van der Waals surface area (Å²) in [6, 6.07) is 0. The van der Waals surface area contributed by atoms with Crippen molar-refractivity contribution in [2.24, 2.45) is 0 Å². The number of rotatable bonds is 1. The lowest BCUT2D eigenvalue weighted by molar-refractivity contribution is -0.00817. The molecule has 0 N–H and O–H groups in total. The zero-order valence-electron chi connectivity index (χ0n) is 7.16. The van der Waals surface area contributed by atoms with Crippen molar-refractivity contribution in [3.05, 3.63) is 16.6 Å². The lowest BCUT2D eigenvalue weighted by Gasteiger charge is -2.41. The van der Waals surface area contributed by atoms with Gasteiger partial charge in [-0.25, -0.2) is 9.37 Å². The minimum Gasteiger partial charge on any atom is -0.331 e. The molecule has 2 heterocycles. The van der Waals surface area contributed by atoms with Gasteiger partial charge in [-0.15, -0.1) is 11.3 Å². The van der Waals surface area contributed by atoms with Crippen LogP contribution in [0.25, 0.3) is 0 Å². The van der Waals surface area contributed by atoms with Gasteiger partial charge in [-0.2, -0.15) is 0 Å². The smallest absolute Gasteiger partial charge is 0.273 e. The Morgan fingerprint density at radius 1 is 1.77 bits per heavy atom. The fraction of sp³-hybridized carbons (Fsp3) is 0.500. The first-order chi connectivity index (χ1) is 6.08. The lowest BCUT2D eigenvalue weighted by atomic mass is 9.99. The third-order valence-corrected chi connectivity index (χ3v) is 2.57. The molecule has 70 valence electrons. The highest BCUT2D eigenvalue weighted by Gasteiger charge is 2.42. The Morgan fingerprint density at radius 2 is 2.46 bits per heavy atom. The molecule has 0 spiro atoms. The molecule has 1 aromatic heterocycles. The van der Waals surface area contributed by atoms with Crippen LogP contribution < -0.4 is 0 Å². The van der Waals surface area contributed by atoms with Gasteiger partial charge in [-0.3, -0.25) is 4.79 Å². The second kappa shape index (κ2) is 2.77. The second-order valence-corrected chi connectivity index (χ2v) is 4.17. The highest BCUT2D eigenvalue weighted by Crippen LogP contribution is 2.25. The fourth-order valence-corrected chi connectivity index (χ4v) is 1.90. The molecule has 3 nitrogen and oxygen atoms in total. The highest BCUT2D eigenvalue weighted by atomic mass is 32.1. The number of aromatic nitrogens is 1. The molecule has 0 aromatic carbocycles.